The fraction of sp³-hybridized carbons (Fsp3) is 0.444. The highest BCUT2D eigenvalue weighted by Gasteiger charge is 2.21. The van der Waals surface area contributed by atoms with Crippen LogP contribution in [0.2, 0.25) is 0 Å². The maximum absolute atomic E-state index is 11.3. The molecule has 0 bridgehead atoms. The maximum Gasteiger partial charge on any atom is 0.285 e. The van der Waals surface area contributed by atoms with Crippen LogP contribution in [0.5, 0.6) is 0 Å². The van der Waals surface area contributed by atoms with Gasteiger partial charge in [-0.15, -0.1) is 0 Å². The fourth-order valence-electron chi connectivity index (χ4n) is 1.70. The molecule has 86 valence electrons. The second kappa shape index (κ2) is 3.93. The molecule has 1 aliphatic rings. The number of nitrogen functional groups attached to an aromatic ring is 1. The topological polar surface area (TPSA) is 93.2 Å². The summed E-state index contributed by atoms with van der Waals surface area (Å²) in [5, 5.41) is 0. The van der Waals surface area contributed by atoms with Crippen LogP contribution in [0, 0.1) is 0 Å². The van der Waals surface area contributed by atoms with E-state index in [0.29, 0.717) is 25.5 Å². The third kappa shape index (κ3) is 1.76. The van der Waals surface area contributed by atoms with Crippen molar-refractivity contribution in [3.05, 3.63) is 17.7 Å². The average molecular weight is 223 g/mol. The van der Waals surface area contributed by atoms with Crippen molar-refractivity contribution in [2.24, 2.45) is 5.84 Å². The molecule has 0 unspecified atom stereocenters. The lowest BCUT2D eigenvalue weighted by Crippen LogP contribution is -2.36. The zero-order valence-corrected chi connectivity index (χ0v) is 8.93. The minimum Gasteiger partial charge on any atom is -0.334 e. The first-order chi connectivity index (χ1) is 7.61. The first-order valence-corrected chi connectivity index (χ1v) is 4.94. The van der Waals surface area contributed by atoms with Gasteiger partial charge in [0.05, 0.1) is 6.54 Å². The Morgan fingerprint density at radius 2 is 2.25 bits per heavy atom. The molecular formula is C9H13N5O2. The highest BCUT2D eigenvalue weighted by molar-refractivity contribution is 5.91. The van der Waals surface area contributed by atoms with Gasteiger partial charge in [0.2, 0.25) is 5.91 Å². The molecular weight excluding hydrogens is 210 g/mol. The van der Waals surface area contributed by atoms with Gasteiger partial charge >= 0.3 is 0 Å². The molecule has 1 aliphatic heterocycles. The molecule has 16 heavy (non-hydrogen) atoms. The summed E-state index contributed by atoms with van der Waals surface area (Å²) in [5.41, 5.74) is 2.31. The highest BCUT2D eigenvalue weighted by Crippen LogP contribution is 2.12. The van der Waals surface area contributed by atoms with E-state index in [0.717, 1.165) is 0 Å². The number of carbonyl (C=O) groups excluding carboxylic acids is 2. The molecule has 0 fully saturated rings. The van der Waals surface area contributed by atoms with Crippen LogP contribution in [0.3, 0.4) is 0 Å². The maximum atomic E-state index is 11.3. The Labute approximate surface area is 92.2 Å². The van der Waals surface area contributed by atoms with Crippen molar-refractivity contribution >= 4 is 11.8 Å². The molecule has 2 rings (SSSR count). The van der Waals surface area contributed by atoms with Crippen molar-refractivity contribution in [2.45, 2.75) is 20.0 Å². The van der Waals surface area contributed by atoms with Gasteiger partial charge in [0.1, 0.15) is 11.5 Å². The number of hydrogen-bond acceptors (Lipinski definition) is 4. The minimum absolute atomic E-state index is 0.0130. The van der Waals surface area contributed by atoms with Gasteiger partial charge in [0.25, 0.3) is 5.91 Å². The number of nitrogens with two attached hydrogens (primary N) is 1. The first kappa shape index (κ1) is 10.6. The van der Waals surface area contributed by atoms with Crippen LogP contribution in [0.1, 0.15) is 23.2 Å². The summed E-state index contributed by atoms with van der Waals surface area (Å²) >= 11 is 0. The van der Waals surface area contributed by atoms with E-state index in [1.54, 1.807) is 11.1 Å². The van der Waals surface area contributed by atoms with Crippen LogP contribution >= 0.6 is 0 Å². The number of aromatic nitrogens is 2. The molecule has 0 spiro atoms. The molecule has 0 atom stereocenters. The van der Waals surface area contributed by atoms with Crippen molar-refractivity contribution in [1.82, 2.24) is 19.9 Å². The summed E-state index contributed by atoms with van der Waals surface area (Å²) in [6.07, 6.45) is 1.65. The quantitative estimate of drug-likeness (QED) is 0.357. The van der Waals surface area contributed by atoms with E-state index in [4.69, 9.17) is 5.84 Å². The molecule has 0 saturated carbocycles. The van der Waals surface area contributed by atoms with E-state index in [2.05, 4.69) is 4.98 Å². The molecule has 0 aliphatic carbocycles. The summed E-state index contributed by atoms with van der Waals surface area (Å²) in [4.78, 5) is 28.3. The molecule has 1 aromatic heterocycles. The lowest BCUT2D eigenvalue weighted by atomic mass is 10.3. The average Bonchev–Trinajstić information content (AvgIpc) is 2.70. The first-order valence-electron chi connectivity index (χ1n) is 4.94. The van der Waals surface area contributed by atoms with Gasteiger partial charge in [-0.1, -0.05) is 0 Å². The Hall–Kier alpha value is -1.89. The van der Waals surface area contributed by atoms with Crippen LogP contribution in [-0.2, 0) is 17.9 Å². The van der Waals surface area contributed by atoms with Crippen LogP contribution in [0.25, 0.3) is 0 Å². The van der Waals surface area contributed by atoms with Gasteiger partial charge in [0, 0.05) is 26.2 Å². The van der Waals surface area contributed by atoms with Crippen LogP contribution in [0.4, 0.5) is 0 Å². The number of amides is 2. The van der Waals surface area contributed by atoms with Gasteiger partial charge in [-0.2, -0.15) is 0 Å². The van der Waals surface area contributed by atoms with Gasteiger partial charge < -0.3 is 9.47 Å². The Bertz CT molecular complexity index is 439. The largest absolute Gasteiger partial charge is 0.334 e. The summed E-state index contributed by atoms with van der Waals surface area (Å²) in [6, 6.07) is 0. The van der Waals surface area contributed by atoms with Gasteiger partial charge in [-0.3, -0.25) is 15.0 Å². The van der Waals surface area contributed by atoms with Crippen LogP contribution in [0.15, 0.2) is 6.20 Å². The summed E-state index contributed by atoms with van der Waals surface area (Å²) in [5.74, 6) is 5.33. The smallest absolute Gasteiger partial charge is 0.285 e. The van der Waals surface area contributed by atoms with E-state index < -0.39 is 5.91 Å². The summed E-state index contributed by atoms with van der Waals surface area (Å²) in [6.45, 7) is 3.25. The lowest BCUT2D eigenvalue weighted by molar-refractivity contribution is -0.130. The van der Waals surface area contributed by atoms with Crippen molar-refractivity contribution in [1.29, 1.82) is 0 Å². The number of nitrogens with zero attached hydrogens (tertiary/aromatic N) is 3. The van der Waals surface area contributed by atoms with Crippen LogP contribution < -0.4 is 11.3 Å². The predicted octanol–water partition coefficient (Wildman–Crippen LogP) is -1.15. The second-order valence-electron chi connectivity index (χ2n) is 3.65. The Morgan fingerprint density at radius 1 is 1.50 bits per heavy atom. The summed E-state index contributed by atoms with van der Waals surface area (Å²) < 4.78 is 1.87. The third-order valence-electron chi connectivity index (χ3n) is 2.61. The zero-order chi connectivity index (χ0) is 11.7. The summed E-state index contributed by atoms with van der Waals surface area (Å²) in [7, 11) is 0. The number of nitrogens with one attached hydrogen (secondary N) is 1. The normalized spacial score (nSPS) is 14.5. The molecule has 0 radical (unpaired) electrons. The zero-order valence-electron chi connectivity index (χ0n) is 8.93. The number of rotatable bonds is 1. The number of fused-ring (bicyclic) bond motifs is 1. The number of imidazole rings is 1. The van der Waals surface area contributed by atoms with Crippen LogP contribution in [-0.4, -0.2) is 32.8 Å². The van der Waals surface area contributed by atoms with Gasteiger partial charge in [0.15, 0.2) is 0 Å². The molecule has 0 aromatic carbocycles. The molecule has 7 heteroatoms. The molecule has 2 amide bonds. The van der Waals surface area contributed by atoms with E-state index in [1.807, 2.05) is 9.99 Å². The molecule has 7 nitrogen and oxygen atoms in total. The number of hydrazine groups is 1. The SMILES string of the molecule is CC(=O)N1CCn2cc(C(=O)NN)nc2C1. The van der Waals surface area contributed by atoms with E-state index >= 15 is 0 Å². The third-order valence-corrected chi connectivity index (χ3v) is 2.61. The van der Waals surface area contributed by atoms with Gasteiger partial charge in [-0.05, 0) is 0 Å². The van der Waals surface area contributed by atoms with E-state index in [9.17, 15) is 9.59 Å². The monoisotopic (exact) mass is 223 g/mol. The molecule has 3 N–H and O–H groups in total. The Morgan fingerprint density at radius 3 is 2.88 bits per heavy atom. The van der Waals surface area contributed by atoms with Crippen molar-refractivity contribution in [3.63, 3.8) is 0 Å². The predicted molar refractivity (Wildman–Crippen MR) is 55.0 cm³/mol. The van der Waals surface area contributed by atoms with E-state index in [-0.39, 0.29) is 11.6 Å². The van der Waals surface area contributed by atoms with Crippen molar-refractivity contribution in [3.8, 4) is 0 Å². The van der Waals surface area contributed by atoms with E-state index in [1.165, 1.54) is 6.92 Å². The fourth-order valence-corrected chi connectivity index (χ4v) is 1.70. The minimum atomic E-state index is -0.420. The van der Waals surface area contributed by atoms with Gasteiger partial charge in [-0.25, -0.2) is 10.8 Å². The number of hydrogen-bond donors (Lipinski definition) is 2. The number of carbonyl (C=O) groups is 2. The standard InChI is InChI=1S/C9H13N5O2/c1-6(15)13-2-3-14-4-7(9(16)12-10)11-8(14)5-13/h4H,2-3,5,10H2,1H3,(H,12,16). The highest BCUT2D eigenvalue weighted by atomic mass is 16.2. The Kier molecular flexibility index (Phi) is 2.61. The van der Waals surface area contributed by atoms with Crippen molar-refractivity contribution < 1.29 is 9.59 Å². The van der Waals surface area contributed by atoms with Crippen molar-refractivity contribution in [2.75, 3.05) is 6.54 Å². The Balaban J connectivity index is 2.23. The molecule has 0 saturated heterocycles. The second-order valence-corrected chi connectivity index (χ2v) is 3.65. The molecule has 1 aromatic rings. The lowest BCUT2D eigenvalue weighted by Gasteiger charge is -2.26. The molecule has 2 heterocycles.